The fourth-order valence-corrected chi connectivity index (χ4v) is 1.46. The van der Waals surface area contributed by atoms with E-state index in [4.69, 9.17) is 21.1 Å². The van der Waals surface area contributed by atoms with Crippen LogP contribution in [0.25, 0.3) is 11.0 Å². The molecule has 0 saturated heterocycles. The number of halogens is 1. The molecule has 1 aromatic carbocycles. The predicted molar refractivity (Wildman–Crippen MR) is 57.7 cm³/mol. The average Bonchev–Trinajstić information content (AvgIpc) is 2.27. The molecule has 0 aliphatic rings. The lowest BCUT2D eigenvalue weighted by molar-refractivity contribution is 0.397. The molecule has 78 valence electrons. The van der Waals surface area contributed by atoms with Crippen molar-refractivity contribution in [2.75, 3.05) is 14.2 Å². The topological polar surface area (TPSA) is 44.2 Å². The Morgan fingerprint density at radius 1 is 1.07 bits per heavy atom. The van der Waals surface area contributed by atoms with Crippen LogP contribution in [0.3, 0.4) is 0 Å². The van der Waals surface area contributed by atoms with Crippen molar-refractivity contribution in [3.05, 3.63) is 23.4 Å². The Hall–Kier alpha value is -1.55. The summed E-state index contributed by atoms with van der Waals surface area (Å²) in [6.07, 6.45) is 0. The van der Waals surface area contributed by atoms with Gasteiger partial charge in [-0.1, -0.05) is 11.6 Å². The van der Waals surface area contributed by atoms with Crippen molar-refractivity contribution >= 4 is 22.6 Å². The SMILES string of the molecule is COc1ccc2nc(Cl)c(OC)nc2c1. The first-order chi connectivity index (χ1) is 7.24. The lowest BCUT2D eigenvalue weighted by Gasteiger charge is -2.04. The summed E-state index contributed by atoms with van der Waals surface area (Å²) in [6.45, 7) is 0. The zero-order valence-corrected chi connectivity index (χ0v) is 9.08. The molecule has 0 fully saturated rings. The van der Waals surface area contributed by atoms with Gasteiger partial charge < -0.3 is 9.47 Å². The molecule has 0 spiro atoms. The quantitative estimate of drug-likeness (QED) is 0.785. The van der Waals surface area contributed by atoms with Gasteiger partial charge in [0, 0.05) is 6.07 Å². The van der Waals surface area contributed by atoms with Gasteiger partial charge in [-0.05, 0) is 12.1 Å². The number of hydrogen-bond donors (Lipinski definition) is 0. The zero-order valence-electron chi connectivity index (χ0n) is 8.32. The van der Waals surface area contributed by atoms with E-state index in [0.717, 1.165) is 5.75 Å². The standard InChI is InChI=1S/C10H9ClN2O2/c1-14-6-3-4-7-8(5-6)13-10(15-2)9(11)12-7/h3-5H,1-2H3. The molecule has 0 bridgehead atoms. The lowest BCUT2D eigenvalue weighted by atomic mass is 10.3. The monoisotopic (exact) mass is 224 g/mol. The van der Waals surface area contributed by atoms with Crippen molar-refractivity contribution in [1.29, 1.82) is 0 Å². The molecule has 5 heteroatoms. The number of ether oxygens (including phenoxy) is 2. The van der Waals surface area contributed by atoms with E-state index in [2.05, 4.69) is 9.97 Å². The smallest absolute Gasteiger partial charge is 0.252 e. The normalized spacial score (nSPS) is 10.3. The van der Waals surface area contributed by atoms with Gasteiger partial charge in [-0.15, -0.1) is 0 Å². The van der Waals surface area contributed by atoms with E-state index in [-0.39, 0.29) is 5.15 Å². The van der Waals surface area contributed by atoms with Crippen LogP contribution in [0.15, 0.2) is 18.2 Å². The van der Waals surface area contributed by atoms with Gasteiger partial charge in [-0.3, -0.25) is 0 Å². The molecule has 2 aromatic rings. The number of fused-ring (bicyclic) bond motifs is 1. The maximum atomic E-state index is 5.85. The lowest BCUT2D eigenvalue weighted by Crippen LogP contribution is -1.93. The van der Waals surface area contributed by atoms with Crippen LogP contribution in [0.2, 0.25) is 5.15 Å². The summed E-state index contributed by atoms with van der Waals surface area (Å²) in [5.74, 6) is 1.04. The Morgan fingerprint density at radius 3 is 2.53 bits per heavy atom. The molecule has 0 aliphatic carbocycles. The molecule has 0 amide bonds. The minimum Gasteiger partial charge on any atom is -0.497 e. The third-order valence-corrected chi connectivity index (χ3v) is 2.24. The number of nitrogens with zero attached hydrogens (tertiary/aromatic N) is 2. The van der Waals surface area contributed by atoms with Crippen LogP contribution in [0.5, 0.6) is 11.6 Å². The Kier molecular flexibility index (Phi) is 2.60. The second-order valence-electron chi connectivity index (χ2n) is 2.88. The van der Waals surface area contributed by atoms with Gasteiger partial charge in [0.25, 0.3) is 5.88 Å². The van der Waals surface area contributed by atoms with Gasteiger partial charge in [0.1, 0.15) is 5.75 Å². The van der Waals surface area contributed by atoms with Gasteiger partial charge in [0.15, 0.2) is 5.15 Å². The maximum Gasteiger partial charge on any atom is 0.252 e. The average molecular weight is 225 g/mol. The molecule has 0 radical (unpaired) electrons. The Morgan fingerprint density at radius 2 is 1.87 bits per heavy atom. The highest BCUT2D eigenvalue weighted by Gasteiger charge is 2.07. The summed E-state index contributed by atoms with van der Waals surface area (Å²) in [4.78, 5) is 8.35. The van der Waals surface area contributed by atoms with Crippen LogP contribution >= 0.6 is 11.6 Å². The van der Waals surface area contributed by atoms with E-state index in [1.165, 1.54) is 7.11 Å². The first-order valence-electron chi connectivity index (χ1n) is 4.30. The van der Waals surface area contributed by atoms with E-state index in [1.54, 1.807) is 25.3 Å². The Bertz CT molecular complexity index is 502. The van der Waals surface area contributed by atoms with Gasteiger partial charge >= 0.3 is 0 Å². The van der Waals surface area contributed by atoms with Crippen LogP contribution in [-0.4, -0.2) is 24.2 Å². The number of aromatic nitrogens is 2. The highest BCUT2D eigenvalue weighted by molar-refractivity contribution is 6.31. The van der Waals surface area contributed by atoms with E-state index in [9.17, 15) is 0 Å². The van der Waals surface area contributed by atoms with Crippen molar-refractivity contribution in [2.24, 2.45) is 0 Å². The molecule has 15 heavy (non-hydrogen) atoms. The maximum absolute atomic E-state index is 5.85. The third-order valence-electron chi connectivity index (χ3n) is 1.99. The molecular weight excluding hydrogens is 216 g/mol. The number of hydrogen-bond acceptors (Lipinski definition) is 4. The fraction of sp³-hybridized carbons (Fsp3) is 0.200. The van der Waals surface area contributed by atoms with Crippen molar-refractivity contribution in [3.63, 3.8) is 0 Å². The minimum atomic E-state index is 0.259. The second kappa shape index (κ2) is 3.90. The molecule has 4 nitrogen and oxygen atoms in total. The van der Waals surface area contributed by atoms with Crippen LogP contribution in [0.4, 0.5) is 0 Å². The fourth-order valence-electron chi connectivity index (χ4n) is 1.25. The number of benzene rings is 1. The Labute approximate surface area is 91.8 Å². The molecule has 0 aliphatic heterocycles. The van der Waals surface area contributed by atoms with Gasteiger partial charge in [0.2, 0.25) is 0 Å². The molecule has 0 saturated carbocycles. The third kappa shape index (κ3) is 1.80. The zero-order chi connectivity index (χ0) is 10.8. The van der Waals surface area contributed by atoms with Gasteiger partial charge in [-0.2, -0.15) is 0 Å². The van der Waals surface area contributed by atoms with Crippen LogP contribution in [-0.2, 0) is 0 Å². The number of rotatable bonds is 2. The van der Waals surface area contributed by atoms with Crippen molar-refractivity contribution in [1.82, 2.24) is 9.97 Å². The van der Waals surface area contributed by atoms with E-state index >= 15 is 0 Å². The van der Waals surface area contributed by atoms with Gasteiger partial charge in [-0.25, -0.2) is 9.97 Å². The van der Waals surface area contributed by atoms with Crippen molar-refractivity contribution < 1.29 is 9.47 Å². The molecule has 1 heterocycles. The Balaban J connectivity index is 2.66. The van der Waals surface area contributed by atoms with E-state index < -0.39 is 0 Å². The molecule has 0 atom stereocenters. The highest BCUT2D eigenvalue weighted by Crippen LogP contribution is 2.25. The molecule has 0 N–H and O–H groups in total. The highest BCUT2D eigenvalue weighted by atomic mass is 35.5. The molecular formula is C10H9ClN2O2. The molecule has 2 rings (SSSR count). The van der Waals surface area contributed by atoms with Crippen LogP contribution < -0.4 is 9.47 Å². The summed E-state index contributed by atoms with van der Waals surface area (Å²) >= 11 is 5.85. The van der Waals surface area contributed by atoms with Crippen LogP contribution in [0, 0.1) is 0 Å². The van der Waals surface area contributed by atoms with Crippen molar-refractivity contribution in [3.8, 4) is 11.6 Å². The van der Waals surface area contributed by atoms with Crippen molar-refractivity contribution in [2.45, 2.75) is 0 Å². The van der Waals surface area contributed by atoms with E-state index in [1.807, 2.05) is 0 Å². The summed E-state index contributed by atoms with van der Waals surface area (Å²) in [5.41, 5.74) is 1.40. The summed E-state index contributed by atoms with van der Waals surface area (Å²) < 4.78 is 10.1. The van der Waals surface area contributed by atoms with Crippen LogP contribution in [0.1, 0.15) is 0 Å². The van der Waals surface area contributed by atoms with E-state index in [0.29, 0.717) is 16.9 Å². The molecule has 1 aromatic heterocycles. The minimum absolute atomic E-state index is 0.259. The number of methoxy groups -OCH3 is 2. The molecule has 0 unspecified atom stereocenters. The summed E-state index contributed by atoms with van der Waals surface area (Å²) in [7, 11) is 3.10. The summed E-state index contributed by atoms with van der Waals surface area (Å²) in [5, 5.41) is 0.259. The summed E-state index contributed by atoms with van der Waals surface area (Å²) in [6, 6.07) is 5.38. The largest absolute Gasteiger partial charge is 0.497 e. The first-order valence-corrected chi connectivity index (χ1v) is 4.67. The first kappa shape index (κ1) is 9.98. The predicted octanol–water partition coefficient (Wildman–Crippen LogP) is 2.30. The van der Waals surface area contributed by atoms with Gasteiger partial charge in [0.05, 0.1) is 25.3 Å². The second-order valence-corrected chi connectivity index (χ2v) is 3.24.